The Morgan fingerprint density at radius 3 is 2.44 bits per heavy atom. The van der Waals surface area contributed by atoms with Gasteiger partial charge in [-0.2, -0.15) is 0 Å². The fraction of sp³-hybridized carbons (Fsp3) is 0.222. The topological polar surface area (TPSA) is 89.5 Å². The minimum absolute atomic E-state index is 0.0797. The Labute approximate surface area is 163 Å². The number of hydrogen-bond donors (Lipinski definition) is 1. The summed E-state index contributed by atoms with van der Waals surface area (Å²) in [4.78, 5) is 46.9. The van der Waals surface area contributed by atoms with Gasteiger partial charge in [0.25, 0.3) is 0 Å². The van der Waals surface area contributed by atoms with Crippen molar-refractivity contribution < 1.29 is 28.3 Å². The molecule has 1 N–H and O–H groups in total. The minimum atomic E-state index is -0.841. The molecule has 0 bridgehead atoms. The van der Waals surface area contributed by atoms with Gasteiger partial charge in [0.05, 0.1) is 21.2 Å². The van der Waals surface area contributed by atoms with Crippen molar-refractivity contribution in [1.82, 2.24) is 0 Å². The van der Waals surface area contributed by atoms with Gasteiger partial charge in [-0.3, -0.25) is 19.2 Å². The first-order valence-corrected chi connectivity index (χ1v) is 9.00. The molecule has 0 radical (unpaired) electrons. The first kappa shape index (κ1) is 20.7. The van der Waals surface area contributed by atoms with Gasteiger partial charge in [-0.15, -0.1) is 11.3 Å². The number of halogens is 2. The fourth-order valence-corrected chi connectivity index (χ4v) is 3.13. The maximum absolute atomic E-state index is 14.0. The van der Waals surface area contributed by atoms with Crippen LogP contribution in [0.15, 0.2) is 30.3 Å². The van der Waals surface area contributed by atoms with Crippen molar-refractivity contribution in [3.05, 3.63) is 50.9 Å². The number of benzene rings is 1. The van der Waals surface area contributed by atoms with Crippen molar-refractivity contribution in [1.29, 1.82) is 0 Å². The largest absolute Gasteiger partial charge is 0.457 e. The van der Waals surface area contributed by atoms with Gasteiger partial charge in [0, 0.05) is 19.0 Å². The fourth-order valence-electron chi connectivity index (χ4n) is 2.12. The van der Waals surface area contributed by atoms with Crippen LogP contribution < -0.4 is 5.32 Å². The maximum atomic E-state index is 14.0. The third kappa shape index (κ3) is 6.26. The van der Waals surface area contributed by atoms with E-state index >= 15 is 0 Å². The van der Waals surface area contributed by atoms with E-state index in [1.807, 2.05) is 0 Å². The zero-order valence-corrected chi connectivity index (χ0v) is 15.8. The Hall–Kier alpha value is -2.58. The number of hydrogen-bond acceptors (Lipinski definition) is 6. The number of thiophene rings is 1. The molecule has 1 aromatic heterocycles. The van der Waals surface area contributed by atoms with Crippen LogP contribution in [0.1, 0.15) is 39.8 Å². The Morgan fingerprint density at radius 1 is 1.11 bits per heavy atom. The van der Waals surface area contributed by atoms with E-state index in [4.69, 9.17) is 16.3 Å². The molecule has 2 aromatic rings. The quantitative estimate of drug-likeness (QED) is 0.525. The highest BCUT2D eigenvalue weighted by atomic mass is 35.5. The summed E-state index contributed by atoms with van der Waals surface area (Å²) in [6.07, 6.45) is -0.283. The van der Waals surface area contributed by atoms with E-state index in [0.717, 1.165) is 17.4 Å². The van der Waals surface area contributed by atoms with Crippen LogP contribution in [-0.4, -0.2) is 30.0 Å². The second-order valence-corrected chi connectivity index (χ2v) is 7.20. The van der Waals surface area contributed by atoms with Gasteiger partial charge >= 0.3 is 5.97 Å². The molecule has 0 spiro atoms. The molecule has 1 aromatic carbocycles. The summed E-state index contributed by atoms with van der Waals surface area (Å²) in [7, 11) is 0. The lowest BCUT2D eigenvalue weighted by atomic mass is 10.1. The molecule has 0 atom stereocenters. The Morgan fingerprint density at radius 2 is 1.85 bits per heavy atom. The molecule has 0 saturated heterocycles. The monoisotopic (exact) mass is 411 g/mol. The van der Waals surface area contributed by atoms with E-state index in [9.17, 15) is 23.6 Å². The van der Waals surface area contributed by atoms with Crippen LogP contribution in [0.25, 0.3) is 0 Å². The zero-order valence-electron chi connectivity index (χ0n) is 14.2. The number of nitrogens with one attached hydrogen (secondary N) is 1. The normalized spacial score (nSPS) is 10.3. The molecule has 142 valence electrons. The van der Waals surface area contributed by atoms with Crippen molar-refractivity contribution in [2.45, 2.75) is 19.8 Å². The lowest BCUT2D eigenvalue weighted by molar-refractivity contribution is -0.142. The SMILES string of the molecule is CC(=O)Nc1ccc(C(=O)COC(=O)CCC(=O)c2ccc(Cl)s2)c(F)c1. The highest BCUT2D eigenvalue weighted by Crippen LogP contribution is 2.23. The Balaban J connectivity index is 1.83. The number of Topliss-reactive ketones (excluding diaryl/α,β-unsaturated/α-hetero) is 2. The van der Waals surface area contributed by atoms with Crippen LogP contribution in [0.2, 0.25) is 4.34 Å². The van der Waals surface area contributed by atoms with E-state index in [1.54, 1.807) is 12.1 Å². The number of rotatable bonds is 8. The van der Waals surface area contributed by atoms with Crippen molar-refractivity contribution >= 4 is 52.1 Å². The molecule has 9 heteroatoms. The molecule has 0 aliphatic carbocycles. The molecule has 0 aliphatic heterocycles. The maximum Gasteiger partial charge on any atom is 0.306 e. The van der Waals surface area contributed by atoms with Crippen LogP contribution in [0, 0.1) is 5.82 Å². The molecule has 1 heterocycles. The average molecular weight is 412 g/mol. The minimum Gasteiger partial charge on any atom is -0.457 e. The van der Waals surface area contributed by atoms with E-state index < -0.39 is 24.2 Å². The Bertz CT molecular complexity index is 896. The standard InChI is InChI=1S/C18H15ClFNO5S/c1-10(22)21-11-2-3-12(13(20)8-11)15(24)9-26-18(25)7-4-14(23)16-5-6-17(19)27-16/h2-3,5-6,8H,4,7,9H2,1H3,(H,21,22). The van der Waals surface area contributed by atoms with Crippen LogP contribution in [-0.2, 0) is 14.3 Å². The number of carbonyl (C=O) groups is 4. The smallest absolute Gasteiger partial charge is 0.306 e. The number of carbonyl (C=O) groups excluding carboxylic acids is 4. The van der Waals surface area contributed by atoms with Crippen LogP contribution in [0.4, 0.5) is 10.1 Å². The van der Waals surface area contributed by atoms with Crippen molar-refractivity contribution in [2.75, 3.05) is 11.9 Å². The average Bonchev–Trinajstić information content (AvgIpc) is 3.03. The van der Waals surface area contributed by atoms with Gasteiger partial charge in [-0.1, -0.05) is 11.6 Å². The van der Waals surface area contributed by atoms with Crippen LogP contribution in [0.3, 0.4) is 0 Å². The molecule has 0 saturated carbocycles. The summed E-state index contributed by atoms with van der Waals surface area (Å²) >= 11 is 6.85. The second-order valence-electron chi connectivity index (χ2n) is 5.49. The summed E-state index contributed by atoms with van der Waals surface area (Å²) < 4.78 is 19.2. The summed E-state index contributed by atoms with van der Waals surface area (Å²) in [6, 6.07) is 6.71. The lowest BCUT2D eigenvalue weighted by Crippen LogP contribution is -2.16. The molecule has 27 heavy (non-hydrogen) atoms. The number of ketones is 2. The molecule has 0 aliphatic rings. The van der Waals surface area contributed by atoms with Gasteiger partial charge < -0.3 is 10.1 Å². The number of anilines is 1. The predicted octanol–water partition coefficient (Wildman–Crippen LogP) is 3.89. The highest BCUT2D eigenvalue weighted by molar-refractivity contribution is 7.18. The summed E-state index contributed by atoms with van der Waals surface area (Å²) in [5, 5.41) is 2.39. The molecule has 0 unspecified atom stereocenters. The van der Waals surface area contributed by atoms with Gasteiger partial charge in [0.1, 0.15) is 5.82 Å². The van der Waals surface area contributed by atoms with E-state index in [2.05, 4.69) is 5.32 Å². The third-order valence-electron chi connectivity index (χ3n) is 3.36. The van der Waals surface area contributed by atoms with Crippen molar-refractivity contribution in [3.63, 3.8) is 0 Å². The summed E-state index contributed by atoms with van der Waals surface area (Å²) in [5.41, 5.74) is -0.0538. The molecular formula is C18H15ClFNO5S. The second kappa shape index (κ2) is 9.38. The van der Waals surface area contributed by atoms with Gasteiger partial charge in [-0.25, -0.2) is 4.39 Å². The van der Waals surface area contributed by atoms with Gasteiger partial charge in [0.2, 0.25) is 11.7 Å². The van der Waals surface area contributed by atoms with Crippen LogP contribution in [0.5, 0.6) is 0 Å². The van der Waals surface area contributed by atoms with Crippen molar-refractivity contribution in [3.8, 4) is 0 Å². The number of amides is 1. The molecular weight excluding hydrogens is 397 g/mol. The van der Waals surface area contributed by atoms with Crippen LogP contribution >= 0.6 is 22.9 Å². The summed E-state index contributed by atoms with van der Waals surface area (Å²) in [5.74, 6) is -2.94. The molecule has 6 nitrogen and oxygen atoms in total. The van der Waals surface area contributed by atoms with E-state index in [0.29, 0.717) is 9.21 Å². The van der Waals surface area contributed by atoms with Gasteiger partial charge in [-0.05, 0) is 30.3 Å². The highest BCUT2D eigenvalue weighted by Gasteiger charge is 2.16. The molecule has 1 amide bonds. The number of ether oxygens (including phenoxy) is 1. The first-order valence-electron chi connectivity index (χ1n) is 7.80. The lowest BCUT2D eigenvalue weighted by Gasteiger charge is -2.07. The predicted molar refractivity (Wildman–Crippen MR) is 98.9 cm³/mol. The number of esters is 1. The van der Waals surface area contributed by atoms with E-state index in [1.165, 1.54) is 19.1 Å². The van der Waals surface area contributed by atoms with E-state index in [-0.39, 0.29) is 35.8 Å². The Kier molecular flexibility index (Phi) is 7.20. The van der Waals surface area contributed by atoms with Gasteiger partial charge in [0.15, 0.2) is 12.4 Å². The van der Waals surface area contributed by atoms with Crippen molar-refractivity contribution in [2.24, 2.45) is 0 Å². The summed E-state index contributed by atoms with van der Waals surface area (Å²) in [6.45, 7) is 0.627. The molecule has 2 rings (SSSR count). The third-order valence-corrected chi connectivity index (χ3v) is 4.63. The first-order chi connectivity index (χ1) is 12.8. The molecule has 0 fully saturated rings. The zero-order chi connectivity index (χ0) is 20.0.